The molecule has 1 fully saturated rings. The van der Waals surface area contributed by atoms with Crippen LogP contribution in [0.25, 0.3) is 0 Å². The summed E-state index contributed by atoms with van der Waals surface area (Å²) in [5.74, 6) is 0.147. The number of hydrogen-bond donors (Lipinski definition) is 2. The van der Waals surface area contributed by atoms with Crippen molar-refractivity contribution in [3.05, 3.63) is 78.3 Å². The summed E-state index contributed by atoms with van der Waals surface area (Å²) >= 11 is 5.48. The Labute approximate surface area is 202 Å². The minimum absolute atomic E-state index is 0.150. The SMILES string of the molecule is CC(O)N1C(=S)N(c2ccccc2)C(=O)/C1=C\C=C1/Oc2ccccc2N1CCCS(=O)(=O)O. The van der Waals surface area contributed by atoms with Crippen LogP contribution in [0.3, 0.4) is 0 Å². The molecular weight excluding hydrogens is 478 g/mol. The molecule has 0 bridgehead atoms. The number of benzene rings is 2. The highest BCUT2D eigenvalue weighted by molar-refractivity contribution is 7.85. The lowest BCUT2D eigenvalue weighted by Gasteiger charge is -2.22. The smallest absolute Gasteiger partial charge is 0.281 e. The van der Waals surface area contributed by atoms with Gasteiger partial charge in [-0.3, -0.25) is 19.1 Å². The molecule has 2 aromatic rings. The lowest BCUT2D eigenvalue weighted by Crippen LogP contribution is -2.37. The van der Waals surface area contributed by atoms with E-state index in [1.165, 1.54) is 22.8 Å². The molecule has 0 radical (unpaired) electrons. The van der Waals surface area contributed by atoms with E-state index in [0.29, 0.717) is 17.3 Å². The third kappa shape index (κ3) is 4.82. The van der Waals surface area contributed by atoms with Crippen molar-refractivity contribution in [2.24, 2.45) is 0 Å². The van der Waals surface area contributed by atoms with Crippen LogP contribution in [0.4, 0.5) is 11.4 Å². The largest absolute Gasteiger partial charge is 0.439 e. The third-order valence-electron chi connectivity index (χ3n) is 5.27. The van der Waals surface area contributed by atoms with Crippen molar-refractivity contribution in [1.82, 2.24) is 4.90 Å². The van der Waals surface area contributed by atoms with Crippen LogP contribution in [0.15, 0.2) is 78.3 Å². The van der Waals surface area contributed by atoms with E-state index in [-0.39, 0.29) is 23.8 Å². The Hall–Kier alpha value is -3.25. The van der Waals surface area contributed by atoms with E-state index in [4.69, 9.17) is 21.5 Å². The van der Waals surface area contributed by atoms with Crippen molar-refractivity contribution in [1.29, 1.82) is 0 Å². The highest BCUT2D eigenvalue weighted by atomic mass is 32.2. The number of rotatable bonds is 7. The molecule has 2 aliphatic heterocycles. The van der Waals surface area contributed by atoms with E-state index < -0.39 is 28.0 Å². The van der Waals surface area contributed by atoms with Crippen molar-refractivity contribution in [2.75, 3.05) is 22.1 Å². The van der Waals surface area contributed by atoms with E-state index in [0.717, 1.165) is 5.69 Å². The van der Waals surface area contributed by atoms with E-state index in [1.807, 2.05) is 24.3 Å². The van der Waals surface area contributed by atoms with Crippen molar-refractivity contribution in [3.63, 3.8) is 0 Å². The number of anilines is 2. The Balaban J connectivity index is 1.67. The second-order valence-corrected chi connectivity index (χ2v) is 9.62. The first-order valence-electron chi connectivity index (χ1n) is 10.5. The van der Waals surface area contributed by atoms with Crippen LogP contribution >= 0.6 is 12.2 Å². The summed E-state index contributed by atoms with van der Waals surface area (Å²) in [6, 6.07) is 16.1. The molecule has 0 saturated carbocycles. The molecule has 2 aliphatic rings. The number of carbonyl (C=O) groups excluding carboxylic acids is 1. The number of nitrogens with zero attached hydrogens (tertiary/aromatic N) is 3. The second kappa shape index (κ2) is 9.55. The topological polar surface area (TPSA) is 111 Å². The highest BCUT2D eigenvalue weighted by Crippen LogP contribution is 2.39. The number of thiocarbonyl (C=S) groups is 1. The fraction of sp³-hybridized carbons (Fsp3) is 0.217. The van der Waals surface area contributed by atoms with Gasteiger partial charge in [0.15, 0.2) is 10.9 Å². The van der Waals surface area contributed by atoms with Crippen LogP contribution in [0.2, 0.25) is 0 Å². The number of amides is 1. The van der Waals surface area contributed by atoms with Gasteiger partial charge < -0.3 is 14.7 Å². The van der Waals surface area contributed by atoms with Crippen molar-refractivity contribution < 1.29 is 27.6 Å². The molecule has 1 amide bonds. The minimum atomic E-state index is -4.10. The number of allylic oxidation sites excluding steroid dienone is 2. The maximum Gasteiger partial charge on any atom is 0.281 e. The zero-order valence-electron chi connectivity index (χ0n) is 18.2. The molecule has 0 aromatic heterocycles. The van der Waals surface area contributed by atoms with Gasteiger partial charge in [0.1, 0.15) is 11.9 Å². The number of aliphatic hydroxyl groups excluding tert-OH is 1. The first-order chi connectivity index (χ1) is 16.2. The normalized spacial score (nSPS) is 19.2. The van der Waals surface area contributed by atoms with E-state index >= 15 is 0 Å². The summed E-state index contributed by atoms with van der Waals surface area (Å²) in [7, 11) is -4.10. The fourth-order valence-electron chi connectivity index (χ4n) is 3.80. The van der Waals surface area contributed by atoms with Crippen LogP contribution in [0, 0.1) is 0 Å². The summed E-state index contributed by atoms with van der Waals surface area (Å²) in [6.07, 6.45) is 2.20. The number of hydrogen-bond acceptors (Lipinski definition) is 7. The van der Waals surface area contributed by atoms with Gasteiger partial charge in [-0.05, 0) is 55.9 Å². The van der Waals surface area contributed by atoms with Crippen LogP contribution in [-0.2, 0) is 14.9 Å². The van der Waals surface area contributed by atoms with Gasteiger partial charge in [0.2, 0.25) is 5.88 Å². The first kappa shape index (κ1) is 23.9. The summed E-state index contributed by atoms with van der Waals surface area (Å²) in [6.45, 7) is 1.77. The standard InChI is InChI=1S/C23H23N3O6S2/c1-16(27)25-19(22(28)26(23(25)33)17-8-3-2-4-9-17)12-13-21-24(14-7-15-34(29,30)31)18-10-5-6-11-20(18)32-21/h2-6,8-13,16,27H,7,14-15H2,1H3,(H,29,30,31)/b19-12+,21-13-. The van der Waals surface area contributed by atoms with Crippen molar-refractivity contribution >= 4 is 44.7 Å². The van der Waals surface area contributed by atoms with Crippen molar-refractivity contribution in [2.45, 2.75) is 19.6 Å². The molecule has 9 nitrogen and oxygen atoms in total. The van der Waals surface area contributed by atoms with Gasteiger partial charge in [-0.15, -0.1) is 0 Å². The molecule has 34 heavy (non-hydrogen) atoms. The molecule has 11 heteroatoms. The maximum absolute atomic E-state index is 13.3. The number of aliphatic hydroxyl groups is 1. The Morgan fingerprint density at radius 3 is 2.44 bits per heavy atom. The lowest BCUT2D eigenvalue weighted by atomic mass is 10.2. The lowest BCUT2D eigenvalue weighted by molar-refractivity contribution is -0.114. The molecule has 0 spiro atoms. The van der Waals surface area contributed by atoms with Gasteiger partial charge in [-0.2, -0.15) is 8.42 Å². The minimum Gasteiger partial charge on any atom is -0.439 e. The Bertz CT molecular complexity index is 1270. The number of ether oxygens (including phenoxy) is 1. The Morgan fingerprint density at radius 2 is 1.76 bits per heavy atom. The monoisotopic (exact) mass is 501 g/mol. The highest BCUT2D eigenvalue weighted by Gasteiger charge is 2.40. The van der Waals surface area contributed by atoms with E-state index in [1.54, 1.807) is 41.3 Å². The predicted octanol–water partition coefficient (Wildman–Crippen LogP) is 2.86. The molecule has 1 saturated heterocycles. The molecule has 2 aromatic carbocycles. The fourth-order valence-corrected chi connectivity index (χ4v) is 4.73. The molecule has 1 atom stereocenters. The molecular formula is C23H23N3O6S2. The number of carbonyl (C=O) groups is 1. The average Bonchev–Trinajstić information content (AvgIpc) is 3.26. The quantitative estimate of drug-likeness (QED) is 0.336. The number of fused-ring (bicyclic) bond motifs is 1. The molecule has 1 unspecified atom stereocenters. The van der Waals surface area contributed by atoms with E-state index in [9.17, 15) is 18.3 Å². The molecule has 2 heterocycles. The average molecular weight is 502 g/mol. The van der Waals surface area contributed by atoms with Crippen LogP contribution < -0.4 is 14.5 Å². The summed E-state index contributed by atoms with van der Waals surface area (Å²) in [5, 5.41) is 10.5. The Kier molecular flexibility index (Phi) is 6.71. The van der Waals surface area contributed by atoms with Gasteiger partial charge >= 0.3 is 0 Å². The zero-order valence-corrected chi connectivity index (χ0v) is 19.9. The first-order valence-corrected chi connectivity index (χ1v) is 12.5. The van der Waals surface area contributed by atoms with Gasteiger partial charge in [0.25, 0.3) is 16.0 Å². The molecule has 178 valence electrons. The third-order valence-corrected chi connectivity index (χ3v) is 6.46. The van der Waals surface area contributed by atoms with Gasteiger partial charge in [-0.1, -0.05) is 30.3 Å². The Morgan fingerprint density at radius 1 is 1.09 bits per heavy atom. The summed E-state index contributed by atoms with van der Waals surface area (Å²) in [5.41, 5.74) is 1.47. The number of para-hydroxylation sites is 3. The van der Waals surface area contributed by atoms with Gasteiger partial charge in [0.05, 0.1) is 17.1 Å². The van der Waals surface area contributed by atoms with Crippen LogP contribution in [0.5, 0.6) is 5.75 Å². The maximum atomic E-state index is 13.3. The van der Waals surface area contributed by atoms with Crippen LogP contribution in [0.1, 0.15) is 13.3 Å². The van der Waals surface area contributed by atoms with Crippen LogP contribution in [-0.4, -0.2) is 52.5 Å². The summed E-state index contributed by atoms with van der Waals surface area (Å²) < 4.78 is 37.3. The molecule has 4 rings (SSSR count). The van der Waals surface area contributed by atoms with Crippen molar-refractivity contribution in [3.8, 4) is 5.75 Å². The predicted molar refractivity (Wildman–Crippen MR) is 132 cm³/mol. The van der Waals surface area contributed by atoms with Gasteiger partial charge in [0, 0.05) is 12.6 Å². The van der Waals surface area contributed by atoms with E-state index in [2.05, 4.69) is 0 Å². The second-order valence-electron chi connectivity index (χ2n) is 7.68. The molecule has 2 N–H and O–H groups in total. The van der Waals surface area contributed by atoms with Gasteiger partial charge in [-0.25, -0.2) is 0 Å². The molecule has 0 aliphatic carbocycles. The zero-order chi connectivity index (χ0) is 24.5. The summed E-state index contributed by atoms with van der Waals surface area (Å²) in [4.78, 5) is 17.7.